The van der Waals surface area contributed by atoms with Crippen LogP contribution in [0.4, 0.5) is 0 Å². The minimum atomic E-state index is -0.869. The van der Waals surface area contributed by atoms with Crippen molar-refractivity contribution in [3.63, 3.8) is 0 Å². The molecule has 1 aliphatic rings. The Morgan fingerprint density at radius 1 is 1.24 bits per heavy atom. The Balaban J connectivity index is 2.53. The summed E-state index contributed by atoms with van der Waals surface area (Å²) in [5, 5.41) is 11.9. The van der Waals surface area contributed by atoms with Crippen molar-refractivity contribution in [1.82, 2.24) is 5.32 Å². The lowest BCUT2D eigenvalue weighted by molar-refractivity contribution is -0.140. The highest BCUT2D eigenvalue weighted by Gasteiger charge is 2.65. The Labute approximate surface area is 103 Å². The van der Waals surface area contributed by atoms with Gasteiger partial charge in [0.05, 0.1) is 11.8 Å². The van der Waals surface area contributed by atoms with Crippen LogP contribution in [-0.2, 0) is 9.59 Å². The lowest BCUT2D eigenvalue weighted by atomic mass is 10.0. The Morgan fingerprint density at radius 2 is 1.76 bits per heavy atom. The summed E-state index contributed by atoms with van der Waals surface area (Å²) in [5.74, 6) is -1.38. The fourth-order valence-corrected chi connectivity index (χ4v) is 2.69. The Morgan fingerprint density at radius 3 is 2.12 bits per heavy atom. The van der Waals surface area contributed by atoms with Gasteiger partial charge in [-0.15, -0.1) is 0 Å². The normalized spacial score (nSPS) is 27.6. The highest BCUT2D eigenvalue weighted by Crippen LogP contribution is 2.58. The van der Waals surface area contributed by atoms with E-state index in [1.807, 2.05) is 20.8 Å². The molecule has 98 valence electrons. The van der Waals surface area contributed by atoms with Crippen LogP contribution in [0.25, 0.3) is 0 Å². The van der Waals surface area contributed by atoms with E-state index in [9.17, 15) is 9.59 Å². The van der Waals surface area contributed by atoms with Gasteiger partial charge in [0, 0.05) is 6.04 Å². The summed E-state index contributed by atoms with van der Waals surface area (Å²) in [6.07, 6.45) is 0.913. The molecule has 1 unspecified atom stereocenters. The van der Waals surface area contributed by atoms with Crippen LogP contribution in [0, 0.1) is 23.2 Å². The maximum Gasteiger partial charge on any atom is 0.307 e. The molecule has 1 amide bonds. The third kappa shape index (κ3) is 2.99. The number of aliphatic carboxylic acids is 1. The molecule has 1 saturated carbocycles. The summed E-state index contributed by atoms with van der Waals surface area (Å²) < 4.78 is 0. The topological polar surface area (TPSA) is 66.4 Å². The first-order valence-electron chi connectivity index (χ1n) is 6.21. The molecule has 0 radical (unpaired) electrons. The van der Waals surface area contributed by atoms with Gasteiger partial charge in [-0.25, -0.2) is 0 Å². The van der Waals surface area contributed by atoms with Gasteiger partial charge in [0.25, 0.3) is 0 Å². The molecular formula is C13H23NO3. The second-order valence-electron chi connectivity index (χ2n) is 6.15. The number of carbonyl (C=O) groups is 2. The van der Waals surface area contributed by atoms with Crippen LogP contribution in [0.2, 0.25) is 0 Å². The molecule has 0 spiro atoms. The van der Waals surface area contributed by atoms with Crippen molar-refractivity contribution in [2.75, 3.05) is 0 Å². The standard InChI is InChI=1S/C13H23NO3/c1-7(2)6-8(3)14-11(15)9-10(12(16)17)13(9,4)5/h7-10H,6H2,1-5H3,(H,14,15)(H,16,17)/t8?,9-,10+/m0/s1. The first kappa shape index (κ1) is 14.0. The molecule has 0 aromatic rings. The van der Waals surface area contributed by atoms with Crippen LogP contribution in [0.3, 0.4) is 0 Å². The highest BCUT2D eigenvalue weighted by molar-refractivity contribution is 5.91. The van der Waals surface area contributed by atoms with Gasteiger partial charge in [0.1, 0.15) is 0 Å². The van der Waals surface area contributed by atoms with Crippen molar-refractivity contribution in [3.05, 3.63) is 0 Å². The minimum Gasteiger partial charge on any atom is -0.481 e. The third-order valence-corrected chi connectivity index (χ3v) is 3.59. The Kier molecular flexibility index (Phi) is 3.84. The van der Waals surface area contributed by atoms with E-state index >= 15 is 0 Å². The van der Waals surface area contributed by atoms with E-state index in [2.05, 4.69) is 19.2 Å². The van der Waals surface area contributed by atoms with Gasteiger partial charge in [-0.3, -0.25) is 9.59 Å². The van der Waals surface area contributed by atoms with Crippen LogP contribution in [0.15, 0.2) is 0 Å². The maximum atomic E-state index is 12.0. The summed E-state index contributed by atoms with van der Waals surface area (Å²) in [7, 11) is 0. The predicted molar refractivity (Wildman–Crippen MR) is 65.5 cm³/mol. The second kappa shape index (κ2) is 4.67. The summed E-state index contributed by atoms with van der Waals surface area (Å²) in [4.78, 5) is 22.9. The van der Waals surface area contributed by atoms with Crippen LogP contribution in [0.1, 0.15) is 41.0 Å². The largest absolute Gasteiger partial charge is 0.481 e. The van der Waals surface area contributed by atoms with E-state index in [1.54, 1.807) is 0 Å². The van der Waals surface area contributed by atoms with Crippen molar-refractivity contribution < 1.29 is 14.7 Å². The molecule has 0 saturated heterocycles. The van der Waals surface area contributed by atoms with Gasteiger partial charge in [-0.2, -0.15) is 0 Å². The molecule has 3 atom stereocenters. The number of carboxylic acid groups (broad SMARTS) is 1. The van der Waals surface area contributed by atoms with Crippen molar-refractivity contribution in [2.45, 2.75) is 47.1 Å². The van der Waals surface area contributed by atoms with Crippen LogP contribution >= 0.6 is 0 Å². The SMILES string of the molecule is CC(C)CC(C)NC(=O)[C@@H]1[C@H](C(=O)O)C1(C)C. The molecule has 2 N–H and O–H groups in total. The molecule has 4 nitrogen and oxygen atoms in total. The summed E-state index contributed by atoms with van der Waals surface area (Å²) >= 11 is 0. The number of carboxylic acids is 1. The molecule has 17 heavy (non-hydrogen) atoms. The van der Waals surface area contributed by atoms with E-state index in [-0.39, 0.29) is 17.9 Å². The summed E-state index contributed by atoms with van der Waals surface area (Å²) in [6, 6.07) is 0.105. The molecule has 0 aliphatic heterocycles. The number of hydrogen-bond donors (Lipinski definition) is 2. The van der Waals surface area contributed by atoms with Crippen LogP contribution in [0.5, 0.6) is 0 Å². The van der Waals surface area contributed by atoms with Crippen molar-refractivity contribution in [3.8, 4) is 0 Å². The summed E-state index contributed by atoms with van der Waals surface area (Å²) in [6.45, 7) is 9.84. The fourth-order valence-electron chi connectivity index (χ4n) is 2.69. The minimum absolute atomic E-state index is 0.105. The average Bonchev–Trinajstić information content (AvgIpc) is 2.66. The molecule has 1 aliphatic carbocycles. The smallest absolute Gasteiger partial charge is 0.307 e. The van der Waals surface area contributed by atoms with Gasteiger partial charge in [0.15, 0.2) is 0 Å². The number of amides is 1. The van der Waals surface area contributed by atoms with E-state index in [1.165, 1.54) is 0 Å². The fraction of sp³-hybridized carbons (Fsp3) is 0.846. The van der Waals surface area contributed by atoms with Crippen molar-refractivity contribution in [1.29, 1.82) is 0 Å². The van der Waals surface area contributed by atoms with Crippen LogP contribution < -0.4 is 5.32 Å². The molecule has 0 aromatic heterocycles. The van der Waals surface area contributed by atoms with Crippen LogP contribution in [-0.4, -0.2) is 23.0 Å². The number of nitrogens with one attached hydrogen (secondary N) is 1. The third-order valence-electron chi connectivity index (χ3n) is 3.59. The van der Waals surface area contributed by atoms with E-state index in [0.717, 1.165) is 6.42 Å². The first-order valence-corrected chi connectivity index (χ1v) is 6.21. The van der Waals surface area contributed by atoms with Crippen molar-refractivity contribution in [2.24, 2.45) is 23.2 Å². The zero-order valence-corrected chi connectivity index (χ0v) is 11.3. The van der Waals surface area contributed by atoms with Gasteiger partial charge in [-0.1, -0.05) is 27.7 Å². The first-order chi connectivity index (χ1) is 7.67. The lowest BCUT2D eigenvalue weighted by Gasteiger charge is -2.16. The molecule has 0 aromatic carbocycles. The molecular weight excluding hydrogens is 218 g/mol. The van der Waals surface area contributed by atoms with Gasteiger partial charge >= 0.3 is 5.97 Å². The van der Waals surface area contributed by atoms with Gasteiger partial charge in [-0.05, 0) is 24.7 Å². The molecule has 4 heteroatoms. The van der Waals surface area contributed by atoms with E-state index < -0.39 is 17.3 Å². The number of hydrogen-bond acceptors (Lipinski definition) is 2. The molecule has 0 heterocycles. The zero-order chi connectivity index (χ0) is 13.4. The Bertz CT molecular complexity index is 323. The molecule has 1 fully saturated rings. The Hall–Kier alpha value is -1.06. The number of carbonyl (C=O) groups excluding carboxylic acids is 1. The second-order valence-corrected chi connectivity index (χ2v) is 6.15. The lowest BCUT2D eigenvalue weighted by Crippen LogP contribution is -2.35. The zero-order valence-electron chi connectivity index (χ0n) is 11.3. The van der Waals surface area contributed by atoms with Gasteiger partial charge < -0.3 is 10.4 Å². The molecule has 0 bridgehead atoms. The monoisotopic (exact) mass is 241 g/mol. The maximum absolute atomic E-state index is 12.0. The average molecular weight is 241 g/mol. The number of rotatable bonds is 5. The van der Waals surface area contributed by atoms with E-state index in [0.29, 0.717) is 5.92 Å². The quantitative estimate of drug-likeness (QED) is 0.772. The van der Waals surface area contributed by atoms with Gasteiger partial charge in [0.2, 0.25) is 5.91 Å². The van der Waals surface area contributed by atoms with E-state index in [4.69, 9.17) is 5.11 Å². The van der Waals surface area contributed by atoms with Crippen molar-refractivity contribution >= 4 is 11.9 Å². The predicted octanol–water partition coefficient (Wildman–Crippen LogP) is 1.89. The highest BCUT2D eigenvalue weighted by atomic mass is 16.4. The molecule has 1 rings (SSSR count). The summed E-state index contributed by atoms with van der Waals surface area (Å²) in [5.41, 5.74) is -0.409.